The minimum Gasteiger partial charge on any atom is -0.447 e. The summed E-state index contributed by atoms with van der Waals surface area (Å²) in [5.41, 5.74) is -1.91. The van der Waals surface area contributed by atoms with Crippen molar-refractivity contribution in [2.75, 3.05) is 6.67 Å². The summed E-state index contributed by atoms with van der Waals surface area (Å²) < 4.78 is 40.7. The van der Waals surface area contributed by atoms with Gasteiger partial charge in [0, 0.05) is 12.6 Å². The largest absolute Gasteiger partial charge is 0.447 e. The normalized spacial score (nSPS) is 32.6. The minimum absolute atomic E-state index is 0.139. The third-order valence-corrected chi connectivity index (χ3v) is 5.38. The molecule has 1 aromatic carbocycles. The summed E-state index contributed by atoms with van der Waals surface area (Å²) in [4.78, 5) is 37.4. The highest BCUT2D eigenvalue weighted by Gasteiger charge is 2.67. The molecular weight excluding hydrogens is 372 g/mol. The SMILES string of the molecule is CC[C@@]1(F)O[C@@H](N2C=CC(=O)CC2=O)[C@](CF)(OC(=O)c2ccccc2)[C@@H]1C. The van der Waals surface area contributed by atoms with Crippen LogP contribution in [-0.2, 0) is 19.1 Å². The van der Waals surface area contributed by atoms with Crippen molar-refractivity contribution in [3.05, 3.63) is 48.2 Å². The Balaban J connectivity index is 2.02. The Kier molecular flexibility index (Phi) is 5.34. The van der Waals surface area contributed by atoms with Gasteiger partial charge in [0.25, 0.3) is 0 Å². The maximum atomic E-state index is 15.4. The molecule has 8 heteroatoms. The van der Waals surface area contributed by atoms with Crippen molar-refractivity contribution < 1.29 is 32.6 Å². The molecule has 0 spiro atoms. The molecule has 4 atom stereocenters. The van der Waals surface area contributed by atoms with E-state index in [2.05, 4.69) is 0 Å². The first-order valence-electron chi connectivity index (χ1n) is 9.00. The molecule has 2 aliphatic heterocycles. The van der Waals surface area contributed by atoms with Crippen LogP contribution >= 0.6 is 0 Å². The van der Waals surface area contributed by atoms with E-state index in [-0.39, 0.29) is 12.0 Å². The van der Waals surface area contributed by atoms with Crippen LogP contribution in [0.15, 0.2) is 42.6 Å². The van der Waals surface area contributed by atoms with Crippen LogP contribution in [0.4, 0.5) is 8.78 Å². The van der Waals surface area contributed by atoms with E-state index in [1.165, 1.54) is 26.0 Å². The number of ketones is 1. The maximum absolute atomic E-state index is 15.4. The molecule has 0 N–H and O–H groups in total. The molecule has 150 valence electrons. The summed E-state index contributed by atoms with van der Waals surface area (Å²) in [5.74, 6) is -5.49. The number of allylic oxidation sites excluding steroid dienone is 1. The van der Waals surface area contributed by atoms with Crippen molar-refractivity contribution in [2.24, 2.45) is 5.92 Å². The predicted octanol–water partition coefficient (Wildman–Crippen LogP) is 2.94. The smallest absolute Gasteiger partial charge is 0.338 e. The van der Waals surface area contributed by atoms with Gasteiger partial charge in [-0.25, -0.2) is 13.6 Å². The molecule has 6 nitrogen and oxygen atoms in total. The van der Waals surface area contributed by atoms with Crippen LogP contribution in [0.1, 0.15) is 37.0 Å². The predicted molar refractivity (Wildman–Crippen MR) is 94.3 cm³/mol. The Bertz CT molecular complexity index is 814. The van der Waals surface area contributed by atoms with Gasteiger partial charge in [0.1, 0.15) is 6.67 Å². The monoisotopic (exact) mass is 393 g/mol. The lowest BCUT2D eigenvalue weighted by atomic mass is 9.84. The molecule has 1 amide bonds. The van der Waals surface area contributed by atoms with Crippen LogP contribution in [0.25, 0.3) is 0 Å². The number of rotatable bonds is 5. The molecule has 0 aromatic heterocycles. The average molecular weight is 393 g/mol. The van der Waals surface area contributed by atoms with Crippen LogP contribution in [0, 0.1) is 5.92 Å². The van der Waals surface area contributed by atoms with E-state index >= 15 is 4.39 Å². The molecule has 0 unspecified atom stereocenters. The lowest BCUT2D eigenvalue weighted by Gasteiger charge is -2.38. The van der Waals surface area contributed by atoms with Crippen molar-refractivity contribution >= 4 is 17.7 Å². The topological polar surface area (TPSA) is 72.9 Å². The summed E-state index contributed by atoms with van der Waals surface area (Å²) in [7, 11) is 0. The van der Waals surface area contributed by atoms with Gasteiger partial charge < -0.3 is 9.47 Å². The Morgan fingerprint density at radius 3 is 2.57 bits per heavy atom. The number of benzene rings is 1. The first-order chi connectivity index (χ1) is 13.3. The molecule has 1 saturated heterocycles. The van der Waals surface area contributed by atoms with Crippen molar-refractivity contribution in [1.29, 1.82) is 0 Å². The molecule has 2 heterocycles. The highest BCUT2D eigenvalue weighted by Crippen LogP contribution is 2.50. The number of carbonyl (C=O) groups is 3. The van der Waals surface area contributed by atoms with Crippen LogP contribution in [-0.4, -0.2) is 46.9 Å². The van der Waals surface area contributed by atoms with Gasteiger partial charge in [0.15, 0.2) is 17.6 Å². The molecule has 0 saturated carbocycles. The van der Waals surface area contributed by atoms with Gasteiger partial charge in [-0.3, -0.25) is 14.5 Å². The lowest BCUT2D eigenvalue weighted by Crippen LogP contribution is -2.57. The van der Waals surface area contributed by atoms with Crippen molar-refractivity contribution in [1.82, 2.24) is 4.90 Å². The van der Waals surface area contributed by atoms with Gasteiger partial charge in [0.05, 0.1) is 17.9 Å². The third-order valence-electron chi connectivity index (χ3n) is 5.38. The van der Waals surface area contributed by atoms with Crippen LogP contribution in [0.5, 0.6) is 0 Å². The van der Waals surface area contributed by atoms with Gasteiger partial charge in [0.2, 0.25) is 11.8 Å². The fraction of sp³-hybridized carbons (Fsp3) is 0.450. The summed E-state index contributed by atoms with van der Waals surface area (Å²) in [6.07, 6.45) is 0.113. The summed E-state index contributed by atoms with van der Waals surface area (Å²) in [5, 5.41) is 0. The van der Waals surface area contributed by atoms with Gasteiger partial charge in [-0.15, -0.1) is 0 Å². The molecule has 2 aliphatic rings. The highest BCUT2D eigenvalue weighted by atomic mass is 19.2. The maximum Gasteiger partial charge on any atom is 0.338 e. The number of carbonyl (C=O) groups excluding carboxylic acids is 3. The number of ether oxygens (including phenoxy) is 2. The number of esters is 1. The van der Waals surface area contributed by atoms with E-state index < -0.39 is 54.4 Å². The minimum atomic E-state index is -2.32. The number of halogens is 2. The second kappa shape index (κ2) is 7.43. The number of alkyl halides is 2. The van der Waals surface area contributed by atoms with Crippen LogP contribution in [0.3, 0.4) is 0 Å². The Hall–Kier alpha value is -2.61. The fourth-order valence-electron chi connectivity index (χ4n) is 3.56. The first kappa shape index (κ1) is 20.1. The number of nitrogens with zero attached hydrogens (tertiary/aromatic N) is 1. The van der Waals surface area contributed by atoms with Crippen LogP contribution in [0.2, 0.25) is 0 Å². The van der Waals surface area contributed by atoms with Crippen molar-refractivity contribution in [3.63, 3.8) is 0 Å². The second-order valence-electron chi connectivity index (χ2n) is 6.94. The molecule has 1 fully saturated rings. The second-order valence-corrected chi connectivity index (χ2v) is 6.94. The van der Waals surface area contributed by atoms with E-state index in [0.29, 0.717) is 0 Å². The molecule has 28 heavy (non-hydrogen) atoms. The molecule has 0 aliphatic carbocycles. The van der Waals surface area contributed by atoms with E-state index in [4.69, 9.17) is 9.47 Å². The van der Waals surface area contributed by atoms with E-state index in [9.17, 15) is 18.8 Å². The van der Waals surface area contributed by atoms with Gasteiger partial charge in [-0.1, -0.05) is 32.0 Å². The Labute approximate surface area is 161 Å². The summed E-state index contributed by atoms with van der Waals surface area (Å²) in [6.45, 7) is 1.62. The molecule has 0 bridgehead atoms. The van der Waals surface area contributed by atoms with Gasteiger partial charge >= 0.3 is 5.97 Å². The zero-order valence-electron chi connectivity index (χ0n) is 15.6. The zero-order valence-corrected chi connectivity index (χ0v) is 15.6. The summed E-state index contributed by atoms with van der Waals surface area (Å²) >= 11 is 0. The lowest BCUT2D eigenvalue weighted by molar-refractivity contribution is -0.193. The highest BCUT2D eigenvalue weighted by molar-refractivity contribution is 6.06. The van der Waals surface area contributed by atoms with E-state index in [1.54, 1.807) is 18.2 Å². The quantitative estimate of drug-likeness (QED) is 0.568. The van der Waals surface area contributed by atoms with Crippen molar-refractivity contribution in [3.8, 4) is 0 Å². The van der Waals surface area contributed by atoms with E-state index in [1.807, 2.05) is 0 Å². The molecular formula is C20H21F2NO5. The fourth-order valence-corrected chi connectivity index (χ4v) is 3.56. The molecule has 3 rings (SSSR count). The number of amides is 1. The number of hydrogen-bond acceptors (Lipinski definition) is 5. The zero-order chi connectivity index (χ0) is 20.5. The third kappa shape index (κ3) is 3.22. The Morgan fingerprint density at radius 2 is 2.00 bits per heavy atom. The van der Waals surface area contributed by atoms with Crippen LogP contribution < -0.4 is 0 Å². The molecule has 0 radical (unpaired) electrons. The van der Waals surface area contributed by atoms with Gasteiger partial charge in [-0.2, -0.15) is 0 Å². The average Bonchev–Trinajstić information content (AvgIpc) is 2.91. The van der Waals surface area contributed by atoms with Gasteiger partial charge in [-0.05, 0) is 18.2 Å². The first-order valence-corrected chi connectivity index (χ1v) is 9.00. The summed E-state index contributed by atoms with van der Waals surface area (Å²) in [6, 6.07) is 7.88. The Morgan fingerprint density at radius 1 is 1.32 bits per heavy atom. The number of hydrogen-bond donors (Lipinski definition) is 0. The standard InChI is InChI=1S/C20H21F2NO5/c1-3-20(22)13(2)19(12-21,27-17(26)14-7-5-4-6-8-14)18(28-20)23-10-9-15(24)11-16(23)25/h4-10,13,18H,3,11-12H2,1-2H3/t13-,18+,19+,20+/m0/s1. The molecule has 1 aromatic rings. The van der Waals surface area contributed by atoms with E-state index in [0.717, 1.165) is 17.2 Å². The van der Waals surface area contributed by atoms with Crippen molar-refractivity contribution in [2.45, 2.75) is 44.4 Å².